The van der Waals surface area contributed by atoms with Crippen molar-refractivity contribution in [1.82, 2.24) is 5.32 Å². The van der Waals surface area contributed by atoms with E-state index in [1.165, 1.54) is 0 Å². The van der Waals surface area contributed by atoms with Crippen LogP contribution >= 0.6 is 0 Å². The third-order valence-electron chi connectivity index (χ3n) is 2.40. The number of amides is 1. The molecule has 0 aliphatic rings. The van der Waals surface area contributed by atoms with Crippen molar-refractivity contribution in [3.8, 4) is 0 Å². The van der Waals surface area contributed by atoms with Gasteiger partial charge >= 0.3 is 0 Å². The van der Waals surface area contributed by atoms with E-state index in [1.54, 1.807) is 19.2 Å². The van der Waals surface area contributed by atoms with E-state index in [0.717, 1.165) is 18.7 Å². The highest BCUT2D eigenvalue weighted by atomic mass is 16.1. The molecule has 0 saturated heterocycles. The highest BCUT2D eigenvalue weighted by Gasteiger charge is 2.05. The fraction of sp³-hybridized carbons (Fsp3) is 0.308. The summed E-state index contributed by atoms with van der Waals surface area (Å²) in [5.41, 5.74) is 7.89. The van der Waals surface area contributed by atoms with Gasteiger partial charge in [0.1, 0.15) is 0 Å². The Bertz CT molecular complexity index is 413. The summed E-state index contributed by atoms with van der Waals surface area (Å²) in [5, 5.41) is 5.79. The van der Waals surface area contributed by atoms with Gasteiger partial charge in [0.05, 0.1) is 11.4 Å². The molecule has 1 rings (SSSR count). The summed E-state index contributed by atoms with van der Waals surface area (Å²) >= 11 is 0. The maximum atomic E-state index is 11.4. The van der Waals surface area contributed by atoms with Gasteiger partial charge in [-0.3, -0.25) is 4.79 Å². The Morgan fingerprint density at radius 3 is 2.82 bits per heavy atom. The molecule has 0 unspecified atom stereocenters. The SMILES string of the molecule is C/C=C/CCNc1ccc(C(=O)NC)cc1N. The Morgan fingerprint density at radius 2 is 2.24 bits per heavy atom. The lowest BCUT2D eigenvalue weighted by Gasteiger charge is -2.09. The van der Waals surface area contributed by atoms with Crippen LogP contribution in [0.25, 0.3) is 0 Å². The van der Waals surface area contributed by atoms with E-state index < -0.39 is 0 Å². The molecule has 0 atom stereocenters. The fourth-order valence-corrected chi connectivity index (χ4v) is 1.47. The number of anilines is 2. The first-order chi connectivity index (χ1) is 8.19. The molecule has 4 nitrogen and oxygen atoms in total. The second-order valence-electron chi connectivity index (χ2n) is 3.67. The molecular weight excluding hydrogens is 214 g/mol. The van der Waals surface area contributed by atoms with Crippen molar-refractivity contribution >= 4 is 17.3 Å². The van der Waals surface area contributed by atoms with Crippen LogP contribution in [0.5, 0.6) is 0 Å². The van der Waals surface area contributed by atoms with Crippen molar-refractivity contribution in [3.05, 3.63) is 35.9 Å². The lowest BCUT2D eigenvalue weighted by molar-refractivity contribution is 0.0963. The summed E-state index contributed by atoms with van der Waals surface area (Å²) in [6.07, 6.45) is 5.05. The Labute approximate surface area is 102 Å². The van der Waals surface area contributed by atoms with Gasteiger partial charge in [-0.25, -0.2) is 0 Å². The molecule has 0 fully saturated rings. The van der Waals surface area contributed by atoms with Crippen LogP contribution in [-0.2, 0) is 0 Å². The first-order valence-electron chi connectivity index (χ1n) is 5.65. The number of hydrogen-bond acceptors (Lipinski definition) is 3. The Hall–Kier alpha value is -1.97. The first-order valence-corrected chi connectivity index (χ1v) is 5.65. The molecule has 0 aliphatic heterocycles. The van der Waals surface area contributed by atoms with E-state index >= 15 is 0 Å². The zero-order valence-electron chi connectivity index (χ0n) is 10.3. The third kappa shape index (κ3) is 3.83. The van der Waals surface area contributed by atoms with Crippen molar-refractivity contribution in [2.45, 2.75) is 13.3 Å². The summed E-state index contributed by atoms with van der Waals surface area (Å²) in [6, 6.07) is 5.26. The molecule has 4 N–H and O–H groups in total. The number of allylic oxidation sites excluding steroid dienone is 1. The van der Waals surface area contributed by atoms with Gasteiger partial charge in [0.15, 0.2) is 0 Å². The second kappa shape index (κ2) is 6.58. The van der Waals surface area contributed by atoms with Gasteiger partial charge in [0.25, 0.3) is 5.91 Å². The van der Waals surface area contributed by atoms with Gasteiger partial charge in [0.2, 0.25) is 0 Å². The van der Waals surface area contributed by atoms with E-state index in [4.69, 9.17) is 5.73 Å². The Balaban J connectivity index is 2.66. The topological polar surface area (TPSA) is 67.2 Å². The molecule has 4 heteroatoms. The summed E-state index contributed by atoms with van der Waals surface area (Å²) < 4.78 is 0. The van der Waals surface area contributed by atoms with Crippen LogP contribution in [-0.4, -0.2) is 19.5 Å². The molecule has 92 valence electrons. The molecular formula is C13H19N3O. The molecule has 0 aromatic heterocycles. The molecule has 0 heterocycles. The predicted octanol–water partition coefficient (Wildman–Crippen LogP) is 2.01. The van der Waals surface area contributed by atoms with E-state index in [1.807, 2.05) is 19.1 Å². The van der Waals surface area contributed by atoms with Gasteiger partial charge in [-0.2, -0.15) is 0 Å². The van der Waals surface area contributed by atoms with Crippen LogP contribution in [0.15, 0.2) is 30.4 Å². The largest absolute Gasteiger partial charge is 0.397 e. The molecule has 17 heavy (non-hydrogen) atoms. The number of hydrogen-bond donors (Lipinski definition) is 3. The quantitative estimate of drug-likeness (QED) is 0.414. The summed E-state index contributed by atoms with van der Waals surface area (Å²) in [4.78, 5) is 11.4. The van der Waals surface area contributed by atoms with E-state index in [-0.39, 0.29) is 5.91 Å². The van der Waals surface area contributed by atoms with E-state index in [0.29, 0.717) is 11.3 Å². The number of nitrogens with two attached hydrogens (primary N) is 1. The Morgan fingerprint density at radius 1 is 1.47 bits per heavy atom. The van der Waals surface area contributed by atoms with E-state index in [9.17, 15) is 4.79 Å². The normalized spacial score (nSPS) is 10.5. The lowest BCUT2D eigenvalue weighted by atomic mass is 10.1. The van der Waals surface area contributed by atoms with Gasteiger partial charge in [-0.05, 0) is 31.5 Å². The fourth-order valence-electron chi connectivity index (χ4n) is 1.47. The van der Waals surface area contributed by atoms with Crippen LogP contribution in [0.3, 0.4) is 0 Å². The van der Waals surface area contributed by atoms with Crippen LogP contribution in [0.1, 0.15) is 23.7 Å². The number of nitrogens with one attached hydrogen (secondary N) is 2. The maximum absolute atomic E-state index is 11.4. The molecule has 1 aromatic rings. The third-order valence-corrected chi connectivity index (χ3v) is 2.40. The number of carbonyl (C=O) groups is 1. The van der Waals surface area contributed by atoms with Crippen LogP contribution in [0.4, 0.5) is 11.4 Å². The van der Waals surface area contributed by atoms with Crippen molar-refractivity contribution in [2.24, 2.45) is 0 Å². The zero-order chi connectivity index (χ0) is 12.7. The maximum Gasteiger partial charge on any atom is 0.251 e. The van der Waals surface area contributed by atoms with Gasteiger partial charge in [0, 0.05) is 19.2 Å². The van der Waals surface area contributed by atoms with Crippen LogP contribution < -0.4 is 16.4 Å². The standard InChI is InChI=1S/C13H19N3O/c1-3-4-5-8-16-12-7-6-10(9-11(12)14)13(17)15-2/h3-4,6-7,9,16H,5,8,14H2,1-2H3,(H,15,17)/b4-3+. The van der Waals surface area contributed by atoms with Gasteiger partial charge in [-0.1, -0.05) is 12.2 Å². The molecule has 0 aliphatic carbocycles. The highest BCUT2D eigenvalue weighted by Crippen LogP contribution is 2.19. The minimum atomic E-state index is -0.128. The summed E-state index contributed by atoms with van der Waals surface area (Å²) in [5.74, 6) is -0.128. The van der Waals surface area contributed by atoms with Gasteiger partial charge in [-0.15, -0.1) is 0 Å². The molecule has 0 saturated carbocycles. The number of rotatable bonds is 5. The monoisotopic (exact) mass is 233 g/mol. The first kappa shape index (κ1) is 13.1. The highest BCUT2D eigenvalue weighted by molar-refractivity contribution is 5.95. The van der Waals surface area contributed by atoms with E-state index in [2.05, 4.69) is 16.7 Å². The molecule has 0 spiro atoms. The predicted molar refractivity (Wildman–Crippen MR) is 72.2 cm³/mol. The smallest absolute Gasteiger partial charge is 0.251 e. The number of benzene rings is 1. The zero-order valence-corrected chi connectivity index (χ0v) is 10.3. The summed E-state index contributed by atoms with van der Waals surface area (Å²) in [7, 11) is 1.60. The Kier molecular flexibility index (Phi) is 5.07. The van der Waals surface area contributed by atoms with Crippen molar-refractivity contribution in [3.63, 3.8) is 0 Å². The minimum absolute atomic E-state index is 0.128. The molecule has 1 amide bonds. The van der Waals surface area contributed by atoms with Crippen LogP contribution in [0.2, 0.25) is 0 Å². The van der Waals surface area contributed by atoms with Crippen molar-refractivity contribution in [2.75, 3.05) is 24.6 Å². The number of nitrogen functional groups attached to an aromatic ring is 1. The second-order valence-corrected chi connectivity index (χ2v) is 3.67. The van der Waals surface area contributed by atoms with Crippen molar-refractivity contribution < 1.29 is 4.79 Å². The lowest BCUT2D eigenvalue weighted by Crippen LogP contribution is -2.18. The molecule has 0 radical (unpaired) electrons. The molecule has 1 aromatic carbocycles. The summed E-state index contributed by atoms with van der Waals surface area (Å²) in [6.45, 7) is 2.82. The average molecular weight is 233 g/mol. The minimum Gasteiger partial charge on any atom is -0.397 e. The number of carbonyl (C=O) groups excluding carboxylic acids is 1. The van der Waals surface area contributed by atoms with Gasteiger partial charge < -0.3 is 16.4 Å². The van der Waals surface area contributed by atoms with Crippen molar-refractivity contribution in [1.29, 1.82) is 0 Å². The average Bonchev–Trinajstić information content (AvgIpc) is 2.35. The van der Waals surface area contributed by atoms with Crippen LogP contribution in [0, 0.1) is 0 Å². The molecule has 0 bridgehead atoms.